The van der Waals surface area contributed by atoms with Crippen molar-refractivity contribution >= 4 is 5.91 Å². The fraction of sp³-hybridized carbons (Fsp3) is 0.750. The molecule has 0 unspecified atom stereocenters. The Morgan fingerprint density at radius 2 is 2.00 bits per heavy atom. The maximum absolute atomic E-state index is 13.1. The van der Waals surface area contributed by atoms with Crippen LogP contribution in [0, 0.1) is 5.92 Å². The van der Waals surface area contributed by atoms with E-state index < -0.39 is 12.1 Å². The molecule has 1 amide bonds. The van der Waals surface area contributed by atoms with Crippen LogP contribution in [0.15, 0.2) is 6.20 Å². The number of carbonyl (C=O) groups is 1. The molecule has 1 saturated carbocycles. The van der Waals surface area contributed by atoms with Crippen LogP contribution in [-0.4, -0.2) is 57.2 Å². The topological polar surface area (TPSA) is 41.4 Å². The highest BCUT2D eigenvalue weighted by Crippen LogP contribution is 2.37. The summed E-state index contributed by atoms with van der Waals surface area (Å²) in [6, 6.07) is 0.582. The third-order valence-corrected chi connectivity index (χ3v) is 5.44. The van der Waals surface area contributed by atoms with Gasteiger partial charge in [-0.1, -0.05) is 0 Å². The summed E-state index contributed by atoms with van der Waals surface area (Å²) >= 11 is 0. The average molecular weight is 324 g/mol. The third-order valence-electron chi connectivity index (χ3n) is 5.44. The van der Waals surface area contributed by atoms with Crippen LogP contribution in [0.25, 0.3) is 0 Å². The number of halogens is 2. The maximum atomic E-state index is 13.1. The van der Waals surface area contributed by atoms with E-state index in [4.69, 9.17) is 0 Å². The first-order valence-electron chi connectivity index (χ1n) is 8.41. The highest BCUT2D eigenvalue weighted by atomic mass is 19.3. The Hall–Kier alpha value is -1.50. The van der Waals surface area contributed by atoms with Gasteiger partial charge in [0.1, 0.15) is 5.69 Å². The van der Waals surface area contributed by atoms with Gasteiger partial charge in [-0.2, -0.15) is 5.10 Å². The summed E-state index contributed by atoms with van der Waals surface area (Å²) in [6.45, 7) is 2.82. The molecule has 0 radical (unpaired) electrons. The minimum Gasteiger partial charge on any atom is -0.334 e. The first-order valence-corrected chi connectivity index (χ1v) is 8.41. The Balaban J connectivity index is 1.51. The van der Waals surface area contributed by atoms with Gasteiger partial charge in [-0.3, -0.25) is 14.4 Å². The zero-order valence-corrected chi connectivity index (χ0v) is 13.3. The van der Waals surface area contributed by atoms with Crippen molar-refractivity contribution < 1.29 is 13.6 Å². The number of hydrogen-bond acceptors (Lipinski definition) is 3. The van der Waals surface area contributed by atoms with Gasteiger partial charge in [0.05, 0.1) is 5.56 Å². The summed E-state index contributed by atoms with van der Waals surface area (Å²) in [5.74, 6) is 0.552. The quantitative estimate of drug-likeness (QED) is 0.851. The summed E-state index contributed by atoms with van der Waals surface area (Å²) in [5, 5.41) is 3.76. The second-order valence-corrected chi connectivity index (χ2v) is 7.05. The van der Waals surface area contributed by atoms with Crippen LogP contribution >= 0.6 is 0 Å². The molecule has 0 bridgehead atoms. The van der Waals surface area contributed by atoms with Gasteiger partial charge in [0.15, 0.2) is 0 Å². The molecule has 3 heterocycles. The van der Waals surface area contributed by atoms with E-state index in [1.165, 1.54) is 23.7 Å². The van der Waals surface area contributed by atoms with Crippen LogP contribution in [0.3, 0.4) is 0 Å². The number of hydrogen-bond donors (Lipinski definition) is 0. The van der Waals surface area contributed by atoms with Crippen LogP contribution in [0.2, 0.25) is 0 Å². The molecule has 3 fully saturated rings. The number of fused-ring (bicyclic) bond motifs is 1. The van der Waals surface area contributed by atoms with Crippen molar-refractivity contribution in [2.75, 3.05) is 19.6 Å². The summed E-state index contributed by atoms with van der Waals surface area (Å²) in [5.41, 5.74) is -0.336. The normalized spacial score (nSPS) is 27.9. The highest BCUT2D eigenvalue weighted by molar-refractivity contribution is 5.95. The SMILES string of the molecule is Cn1cc(C(=O)N2CC[C@H]3[C@H]2CCN3CC2CC2)c(C(F)F)n1. The summed E-state index contributed by atoms with van der Waals surface area (Å²) < 4.78 is 27.5. The second-order valence-electron chi connectivity index (χ2n) is 7.05. The number of likely N-dealkylation sites (tertiary alicyclic amines) is 2. The lowest BCUT2D eigenvalue weighted by Gasteiger charge is -2.25. The Morgan fingerprint density at radius 1 is 1.26 bits per heavy atom. The molecule has 7 heteroatoms. The Morgan fingerprint density at radius 3 is 2.70 bits per heavy atom. The van der Waals surface area contributed by atoms with Gasteiger partial charge in [0.2, 0.25) is 0 Å². The molecule has 126 valence electrons. The van der Waals surface area contributed by atoms with Crippen LogP contribution in [0.5, 0.6) is 0 Å². The molecular formula is C16H22F2N4O. The van der Waals surface area contributed by atoms with Gasteiger partial charge in [-0.05, 0) is 31.6 Å². The first-order chi connectivity index (χ1) is 11.0. The predicted molar refractivity (Wildman–Crippen MR) is 80.3 cm³/mol. The van der Waals surface area contributed by atoms with Crippen LogP contribution in [-0.2, 0) is 7.05 Å². The van der Waals surface area contributed by atoms with Crippen molar-refractivity contribution in [3.8, 4) is 0 Å². The molecule has 2 aliphatic heterocycles. The third kappa shape index (κ3) is 2.65. The molecule has 3 aliphatic rings. The van der Waals surface area contributed by atoms with Crippen LogP contribution in [0.4, 0.5) is 8.78 Å². The van der Waals surface area contributed by atoms with E-state index >= 15 is 0 Å². The summed E-state index contributed by atoms with van der Waals surface area (Å²) in [4.78, 5) is 17.1. The summed E-state index contributed by atoms with van der Waals surface area (Å²) in [7, 11) is 1.57. The number of rotatable bonds is 4. The lowest BCUT2D eigenvalue weighted by molar-refractivity contribution is 0.0719. The molecule has 0 spiro atoms. The fourth-order valence-corrected chi connectivity index (χ4v) is 4.17. The number of aromatic nitrogens is 2. The van der Waals surface area contributed by atoms with Crippen molar-refractivity contribution in [2.24, 2.45) is 13.0 Å². The number of carbonyl (C=O) groups excluding carboxylic acids is 1. The largest absolute Gasteiger partial charge is 0.334 e. The zero-order valence-electron chi connectivity index (χ0n) is 13.3. The molecular weight excluding hydrogens is 302 g/mol. The van der Waals surface area contributed by atoms with E-state index in [0.717, 1.165) is 31.8 Å². The molecule has 2 saturated heterocycles. The van der Waals surface area contributed by atoms with Gasteiger partial charge >= 0.3 is 0 Å². The molecule has 0 N–H and O–H groups in total. The molecule has 1 aliphatic carbocycles. The van der Waals surface area contributed by atoms with Gasteiger partial charge in [0, 0.05) is 45.0 Å². The van der Waals surface area contributed by atoms with Crippen molar-refractivity contribution in [3.63, 3.8) is 0 Å². The minimum atomic E-state index is -2.72. The number of alkyl halides is 2. The van der Waals surface area contributed by atoms with Crippen molar-refractivity contribution in [1.29, 1.82) is 0 Å². The molecule has 23 heavy (non-hydrogen) atoms. The van der Waals surface area contributed by atoms with Crippen molar-refractivity contribution in [3.05, 3.63) is 17.5 Å². The van der Waals surface area contributed by atoms with E-state index in [2.05, 4.69) is 10.00 Å². The van der Waals surface area contributed by atoms with Gasteiger partial charge < -0.3 is 4.90 Å². The molecule has 4 rings (SSSR count). The standard InChI is InChI=1S/C16H22F2N4O/c1-20-9-11(14(19-20)15(17)18)16(23)22-7-5-12-13(22)4-6-21(12)8-10-2-3-10/h9-10,12-13,15H,2-8H2,1H3/t12-,13+/m0/s1. The molecule has 1 aromatic rings. The van der Waals surface area contributed by atoms with Gasteiger partial charge in [-0.25, -0.2) is 8.78 Å². The molecule has 5 nitrogen and oxygen atoms in total. The van der Waals surface area contributed by atoms with Gasteiger partial charge in [0.25, 0.3) is 12.3 Å². The smallest absolute Gasteiger partial charge is 0.282 e. The van der Waals surface area contributed by atoms with E-state index in [0.29, 0.717) is 12.6 Å². The molecule has 1 aromatic heterocycles. The van der Waals surface area contributed by atoms with Crippen molar-refractivity contribution in [2.45, 2.75) is 44.2 Å². The van der Waals surface area contributed by atoms with E-state index in [-0.39, 0.29) is 17.5 Å². The monoisotopic (exact) mass is 324 g/mol. The summed E-state index contributed by atoms with van der Waals surface area (Å²) in [6.07, 6.45) is 3.26. The average Bonchev–Trinajstić information content (AvgIpc) is 2.93. The molecule has 0 aromatic carbocycles. The lowest BCUT2D eigenvalue weighted by atomic mass is 10.1. The minimum absolute atomic E-state index is 0.0591. The number of aryl methyl sites for hydroxylation is 1. The zero-order chi connectivity index (χ0) is 16.1. The van der Waals surface area contributed by atoms with Crippen molar-refractivity contribution in [1.82, 2.24) is 19.6 Å². The number of nitrogens with zero attached hydrogens (tertiary/aromatic N) is 4. The Bertz CT molecular complexity index is 613. The first kappa shape index (κ1) is 15.1. The number of amides is 1. The fourth-order valence-electron chi connectivity index (χ4n) is 4.17. The highest BCUT2D eigenvalue weighted by Gasteiger charge is 2.46. The predicted octanol–water partition coefficient (Wildman–Crippen LogP) is 2.06. The Kier molecular flexibility index (Phi) is 3.63. The van der Waals surface area contributed by atoms with Crippen LogP contribution < -0.4 is 0 Å². The second kappa shape index (κ2) is 5.54. The Labute approximate surface area is 134 Å². The lowest BCUT2D eigenvalue weighted by Crippen LogP contribution is -2.40. The maximum Gasteiger partial charge on any atom is 0.282 e. The van der Waals surface area contributed by atoms with Crippen LogP contribution in [0.1, 0.15) is 48.2 Å². The van der Waals surface area contributed by atoms with E-state index in [1.54, 1.807) is 11.9 Å². The van der Waals surface area contributed by atoms with E-state index in [1.807, 2.05) is 0 Å². The van der Waals surface area contributed by atoms with E-state index in [9.17, 15) is 13.6 Å². The molecule has 2 atom stereocenters. The van der Waals surface area contributed by atoms with Gasteiger partial charge in [-0.15, -0.1) is 0 Å².